The van der Waals surface area contributed by atoms with Crippen LogP contribution in [-0.4, -0.2) is 68.0 Å². The zero-order valence-corrected chi connectivity index (χ0v) is 11.7. The van der Waals surface area contributed by atoms with Crippen molar-refractivity contribution in [3.05, 3.63) is 24.3 Å². The molecular formula is C13H18N6O. The summed E-state index contributed by atoms with van der Waals surface area (Å²) in [5, 5.41) is 4.27. The van der Waals surface area contributed by atoms with Gasteiger partial charge in [0, 0.05) is 38.1 Å². The van der Waals surface area contributed by atoms with Crippen molar-refractivity contribution < 1.29 is 4.79 Å². The van der Waals surface area contributed by atoms with E-state index in [1.807, 2.05) is 4.90 Å². The zero-order chi connectivity index (χ0) is 14.1. The first-order valence-corrected chi connectivity index (χ1v) is 6.78. The van der Waals surface area contributed by atoms with Crippen LogP contribution in [0.1, 0.15) is 12.7 Å². The lowest BCUT2D eigenvalue weighted by Crippen LogP contribution is -2.53. The minimum absolute atomic E-state index is 0.0847. The smallest absolute Gasteiger partial charge is 0.252 e. The molecule has 0 bridgehead atoms. The molecule has 20 heavy (non-hydrogen) atoms. The second-order valence-corrected chi connectivity index (χ2v) is 5.27. The van der Waals surface area contributed by atoms with E-state index in [2.05, 4.69) is 33.9 Å². The lowest BCUT2D eigenvalue weighted by Gasteiger charge is -2.38. The predicted molar refractivity (Wildman–Crippen MR) is 73.2 cm³/mol. The van der Waals surface area contributed by atoms with Gasteiger partial charge in [0.1, 0.15) is 0 Å². The molecule has 1 aliphatic heterocycles. The topological polar surface area (TPSA) is 66.6 Å². The van der Waals surface area contributed by atoms with E-state index in [0.717, 1.165) is 19.6 Å². The molecule has 106 valence electrons. The molecule has 7 heteroatoms. The van der Waals surface area contributed by atoms with Gasteiger partial charge in [-0.15, -0.1) is 5.10 Å². The Labute approximate surface area is 117 Å². The molecule has 0 aromatic carbocycles. The van der Waals surface area contributed by atoms with Gasteiger partial charge in [0.25, 0.3) is 5.78 Å². The van der Waals surface area contributed by atoms with Crippen molar-refractivity contribution in [1.82, 2.24) is 29.4 Å². The molecule has 1 atom stereocenters. The summed E-state index contributed by atoms with van der Waals surface area (Å²) in [5.74, 6) is 1.14. The van der Waals surface area contributed by atoms with Crippen LogP contribution in [0, 0.1) is 0 Å². The number of carbonyl (C=O) groups is 1. The Balaban J connectivity index is 1.72. The van der Waals surface area contributed by atoms with Gasteiger partial charge >= 0.3 is 0 Å². The van der Waals surface area contributed by atoms with Crippen molar-refractivity contribution in [3.8, 4) is 0 Å². The Hall–Kier alpha value is -2.02. The van der Waals surface area contributed by atoms with Crippen molar-refractivity contribution in [2.24, 2.45) is 0 Å². The summed E-state index contributed by atoms with van der Waals surface area (Å²) in [6.45, 7) is 4.66. The van der Waals surface area contributed by atoms with E-state index in [1.54, 1.807) is 23.0 Å². The number of likely N-dealkylation sites (N-methyl/N-ethyl adjacent to an activating group) is 1. The summed E-state index contributed by atoms with van der Waals surface area (Å²) in [7, 11) is 2.08. The molecule has 3 rings (SSSR count). The van der Waals surface area contributed by atoms with Crippen molar-refractivity contribution in [1.29, 1.82) is 0 Å². The first-order chi connectivity index (χ1) is 9.63. The number of piperazine rings is 1. The zero-order valence-electron chi connectivity index (χ0n) is 11.7. The highest BCUT2D eigenvalue weighted by atomic mass is 16.2. The van der Waals surface area contributed by atoms with Gasteiger partial charge in [-0.1, -0.05) is 0 Å². The average molecular weight is 274 g/mol. The predicted octanol–water partition coefficient (Wildman–Crippen LogP) is -0.171. The van der Waals surface area contributed by atoms with Crippen LogP contribution >= 0.6 is 0 Å². The van der Waals surface area contributed by atoms with Crippen LogP contribution in [0.2, 0.25) is 0 Å². The van der Waals surface area contributed by atoms with Crippen LogP contribution in [0.5, 0.6) is 0 Å². The molecule has 0 saturated carbocycles. The fourth-order valence-electron chi connectivity index (χ4n) is 2.60. The highest BCUT2D eigenvalue weighted by Gasteiger charge is 2.26. The van der Waals surface area contributed by atoms with Gasteiger partial charge in [0.15, 0.2) is 5.82 Å². The number of aromatic nitrogens is 4. The minimum Gasteiger partial charge on any atom is -0.337 e. The lowest BCUT2D eigenvalue weighted by molar-refractivity contribution is -0.134. The Bertz CT molecular complexity index is 591. The molecule has 3 heterocycles. The number of hydrogen-bond acceptors (Lipinski definition) is 5. The number of carbonyl (C=O) groups excluding carboxylic acids is 1. The van der Waals surface area contributed by atoms with Crippen LogP contribution in [-0.2, 0) is 11.2 Å². The van der Waals surface area contributed by atoms with E-state index in [0.29, 0.717) is 11.6 Å². The van der Waals surface area contributed by atoms with E-state index < -0.39 is 0 Å². The summed E-state index contributed by atoms with van der Waals surface area (Å²) in [5.41, 5.74) is 0. The van der Waals surface area contributed by atoms with Crippen molar-refractivity contribution in [2.75, 3.05) is 26.7 Å². The maximum Gasteiger partial charge on any atom is 0.252 e. The van der Waals surface area contributed by atoms with Gasteiger partial charge in [-0.05, 0) is 20.0 Å². The van der Waals surface area contributed by atoms with E-state index in [9.17, 15) is 4.79 Å². The van der Waals surface area contributed by atoms with E-state index >= 15 is 0 Å². The second-order valence-electron chi connectivity index (χ2n) is 5.27. The van der Waals surface area contributed by atoms with Crippen LogP contribution in [0.25, 0.3) is 5.78 Å². The fourth-order valence-corrected chi connectivity index (χ4v) is 2.60. The Morgan fingerprint density at radius 2 is 2.30 bits per heavy atom. The first kappa shape index (κ1) is 13.0. The molecule has 0 aliphatic carbocycles. The normalized spacial score (nSPS) is 20.5. The number of nitrogens with zero attached hydrogens (tertiary/aromatic N) is 6. The van der Waals surface area contributed by atoms with Crippen LogP contribution in [0.3, 0.4) is 0 Å². The van der Waals surface area contributed by atoms with Gasteiger partial charge in [-0.25, -0.2) is 9.50 Å². The highest BCUT2D eigenvalue weighted by molar-refractivity contribution is 5.78. The maximum absolute atomic E-state index is 12.4. The average Bonchev–Trinajstić information content (AvgIpc) is 2.80. The molecule has 1 aliphatic rings. The van der Waals surface area contributed by atoms with Gasteiger partial charge in [-0.3, -0.25) is 4.79 Å². The molecule has 7 nitrogen and oxygen atoms in total. The largest absolute Gasteiger partial charge is 0.337 e. The fraction of sp³-hybridized carbons (Fsp3) is 0.538. The molecule has 2 aromatic heterocycles. The summed E-state index contributed by atoms with van der Waals surface area (Å²) in [6.07, 6.45) is 3.68. The van der Waals surface area contributed by atoms with E-state index in [-0.39, 0.29) is 18.4 Å². The quantitative estimate of drug-likeness (QED) is 0.760. The number of hydrogen-bond donors (Lipinski definition) is 0. The first-order valence-electron chi connectivity index (χ1n) is 6.78. The molecule has 0 unspecified atom stereocenters. The van der Waals surface area contributed by atoms with Gasteiger partial charge in [0.05, 0.1) is 6.42 Å². The molecule has 0 N–H and O–H groups in total. The monoisotopic (exact) mass is 274 g/mol. The van der Waals surface area contributed by atoms with E-state index in [4.69, 9.17) is 0 Å². The Morgan fingerprint density at radius 3 is 3.05 bits per heavy atom. The summed E-state index contributed by atoms with van der Waals surface area (Å²) in [6, 6.07) is 2.02. The molecule has 1 fully saturated rings. The van der Waals surface area contributed by atoms with Crippen molar-refractivity contribution in [3.63, 3.8) is 0 Å². The second kappa shape index (κ2) is 5.16. The third-order valence-electron chi connectivity index (χ3n) is 3.62. The van der Waals surface area contributed by atoms with Crippen LogP contribution in [0.15, 0.2) is 18.5 Å². The van der Waals surface area contributed by atoms with Crippen LogP contribution in [0.4, 0.5) is 0 Å². The minimum atomic E-state index is 0.0847. The third kappa shape index (κ3) is 2.49. The summed E-state index contributed by atoms with van der Waals surface area (Å²) in [4.78, 5) is 24.9. The van der Waals surface area contributed by atoms with Gasteiger partial charge in [-0.2, -0.15) is 4.98 Å². The molecular weight excluding hydrogens is 256 g/mol. The van der Waals surface area contributed by atoms with E-state index in [1.165, 1.54) is 0 Å². The summed E-state index contributed by atoms with van der Waals surface area (Å²) >= 11 is 0. The maximum atomic E-state index is 12.4. The Morgan fingerprint density at radius 1 is 1.45 bits per heavy atom. The molecule has 0 spiro atoms. The summed E-state index contributed by atoms with van der Waals surface area (Å²) < 4.78 is 1.59. The number of amides is 1. The number of fused-ring (bicyclic) bond motifs is 1. The van der Waals surface area contributed by atoms with Gasteiger partial charge < -0.3 is 9.80 Å². The molecule has 1 saturated heterocycles. The highest BCUT2D eigenvalue weighted by Crippen LogP contribution is 2.10. The standard InChI is InChI=1S/C13H18N6O/c1-10-9-17(2)6-7-18(10)12(20)8-11-15-13-14-4-3-5-19(13)16-11/h3-5,10H,6-9H2,1-2H3/t10-/m1/s1. The van der Waals surface area contributed by atoms with Crippen molar-refractivity contribution in [2.45, 2.75) is 19.4 Å². The Kier molecular flexibility index (Phi) is 3.35. The van der Waals surface area contributed by atoms with Crippen molar-refractivity contribution >= 4 is 11.7 Å². The van der Waals surface area contributed by atoms with Gasteiger partial charge in [0.2, 0.25) is 5.91 Å². The SMILES string of the molecule is C[C@@H]1CN(C)CCN1C(=O)Cc1nc2ncccn2n1. The lowest BCUT2D eigenvalue weighted by atomic mass is 10.2. The molecule has 0 radical (unpaired) electrons. The number of rotatable bonds is 2. The van der Waals surface area contributed by atoms with Crippen LogP contribution < -0.4 is 0 Å². The molecule has 1 amide bonds. The molecule has 2 aromatic rings. The third-order valence-corrected chi connectivity index (χ3v) is 3.62.